The monoisotopic (exact) mass is 193 g/mol. The van der Waals surface area contributed by atoms with E-state index in [2.05, 4.69) is 17.4 Å². The molecule has 0 heterocycles. The van der Waals surface area contributed by atoms with Gasteiger partial charge in [0.15, 0.2) is 0 Å². The molecule has 0 bridgehead atoms. The number of nitrogens with one attached hydrogen (secondary N) is 1. The summed E-state index contributed by atoms with van der Waals surface area (Å²) < 4.78 is 0. The highest BCUT2D eigenvalue weighted by atomic mass is 16.3. The van der Waals surface area contributed by atoms with Gasteiger partial charge in [-0.1, -0.05) is 30.3 Å². The van der Waals surface area contributed by atoms with Crippen LogP contribution in [0.5, 0.6) is 0 Å². The first-order chi connectivity index (χ1) is 6.50. The van der Waals surface area contributed by atoms with Crippen LogP contribution < -0.4 is 5.32 Å². The third kappa shape index (κ3) is 3.48. The fraction of sp³-hybridized carbons (Fsp3) is 0.500. The van der Waals surface area contributed by atoms with Crippen molar-refractivity contribution in [2.75, 3.05) is 0 Å². The molecule has 78 valence electrons. The van der Waals surface area contributed by atoms with Gasteiger partial charge >= 0.3 is 0 Å². The summed E-state index contributed by atoms with van der Waals surface area (Å²) in [6, 6.07) is 10.3. The molecule has 1 unspecified atom stereocenters. The number of benzene rings is 1. The Hall–Kier alpha value is -0.860. The van der Waals surface area contributed by atoms with Gasteiger partial charge in [0, 0.05) is 12.6 Å². The summed E-state index contributed by atoms with van der Waals surface area (Å²) in [4.78, 5) is 0. The highest BCUT2D eigenvalue weighted by molar-refractivity contribution is 5.14. The standard InChI is InChI=1S/C12H19NO/c1-10(12(2,3)14)13-9-11-7-5-4-6-8-11/h4-8,10,13-14H,9H2,1-3H3. The molecule has 2 heteroatoms. The Balaban J connectivity index is 2.42. The molecular formula is C12H19NO. The normalized spacial score (nSPS) is 14.0. The molecule has 14 heavy (non-hydrogen) atoms. The zero-order valence-electron chi connectivity index (χ0n) is 9.12. The summed E-state index contributed by atoms with van der Waals surface area (Å²) in [5.41, 5.74) is 0.568. The molecule has 1 aromatic carbocycles. The van der Waals surface area contributed by atoms with E-state index in [-0.39, 0.29) is 6.04 Å². The maximum atomic E-state index is 9.70. The molecule has 0 amide bonds. The second-order valence-corrected chi connectivity index (χ2v) is 4.24. The Labute approximate surface area is 86.0 Å². The minimum Gasteiger partial charge on any atom is -0.389 e. The predicted molar refractivity (Wildman–Crippen MR) is 59.0 cm³/mol. The van der Waals surface area contributed by atoms with Gasteiger partial charge in [-0.15, -0.1) is 0 Å². The molecule has 0 saturated heterocycles. The lowest BCUT2D eigenvalue weighted by Crippen LogP contribution is -2.44. The molecule has 1 atom stereocenters. The Morgan fingerprint density at radius 3 is 2.36 bits per heavy atom. The lowest BCUT2D eigenvalue weighted by atomic mass is 10.0. The molecule has 0 aliphatic carbocycles. The van der Waals surface area contributed by atoms with Crippen LogP contribution >= 0.6 is 0 Å². The van der Waals surface area contributed by atoms with Crippen LogP contribution in [0.2, 0.25) is 0 Å². The van der Waals surface area contributed by atoms with Gasteiger partial charge in [0.25, 0.3) is 0 Å². The summed E-state index contributed by atoms with van der Waals surface area (Å²) >= 11 is 0. The van der Waals surface area contributed by atoms with E-state index in [4.69, 9.17) is 0 Å². The van der Waals surface area contributed by atoms with E-state index < -0.39 is 5.60 Å². The number of hydrogen-bond donors (Lipinski definition) is 2. The van der Waals surface area contributed by atoms with Crippen molar-refractivity contribution in [1.82, 2.24) is 5.32 Å². The third-order valence-corrected chi connectivity index (χ3v) is 2.51. The second kappa shape index (κ2) is 4.58. The SMILES string of the molecule is CC(NCc1ccccc1)C(C)(C)O. The fourth-order valence-electron chi connectivity index (χ4n) is 1.12. The van der Waals surface area contributed by atoms with Gasteiger partial charge in [0.2, 0.25) is 0 Å². The first-order valence-corrected chi connectivity index (χ1v) is 5.00. The van der Waals surface area contributed by atoms with Crippen molar-refractivity contribution in [3.8, 4) is 0 Å². The summed E-state index contributed by atoms with van der Waals surface area (Å²) in [6.45, 7) is 6.42. The smallest absolute Gasteiger partial charge is 0.0741 e. The third-order valence-electron chi connectivity index (χ3n) is 2.51. The highest BCUT2D eigenvalue weighted by Crippen LogP contribution is 2.08. The molecule has 0 aromatic heterocycles. The molecule has 0 aliphatic heterocycles. The van der Waals surface area contributed by atoms with Crippen LogP contribution in [-0.4, -0.2) is 16.7 Å². The average Bonchev–Trinajstić information content (AvgIpc) is 2.14. The van der Waals surface area contributed by atoms with E-state index in [9.17, 15) is 5.11 Å². The number of hydrogen-bond acceptors (Lipinski definition) is 2. The summed E-state index contributed by atoms with van der Waals surface area (Å²) in [7, 11) is 0. The van der Waals surface area contributed by atoms with Crippen LogP contribution in [0.3, 0.4) is 0 Å². The van der Waals surface area contributed by atoms with Crippen molar-refractivity contribution in [3.63, 3.8) is 0 Å². The summed E-state index contributed by atoms with van der Waals surface area (Å²) in [5, 5.41) is 13.0. The van der Waals surface area contributed by atoms with E-state index in [1.54, 1.807) is 0 Å². The molecular weight excluding hydrogens is 174 g/mol. The highest BCUT2D eigenvalue weighted by Gasteiger charge is 2.21. The Kier molecular flexibility index (Phi) is 3.67. The average molecular weight is 193 g/mol. The van der Waals surface area contributed by atoms with Gasteiger partial charge in [-0.05, 0) is 26.3 Å². The zero-order chi connectivity index (χ0) is 10.6. The first kappa shape index (κ1) is 11.2. The van der Waals surface area contributed by atoms with Crippen LogP contribution in [0.15, 0.2) is 30.3 Å². The van der Waals surface area contributed by atoms with Crippen molar-refractivity contribution in [2.45, 2.75) is 39.0 Å². The maximum Gasteiger partial charge on any atom is 0.0741 e. The lowest BCUT2D eigenvalue weighted by molar-refractivity contribution is 0.0437. The Bertz CT molecular complexity index is 263. The van der Waals surface area contributed by atoms with Crippen molar-refractivity contribution in [1.29, 1.82) is 0 Å². The van der Waals surface area contributed by atoms with Gasteiger partial charge < -0.3 is 10.4 Å². The van der Waals surface area contributed by atoms with Gasteiger partial charge in [-0.3, -0.25) is 0 Å². The first-order valence-electron chi connectivity index (χ1n) is 5.00. The molecule has 0 aliphatic rings. The topological polar surface area (TPSA) is 32.3 Å². The molecule has 0 spiro atoms. The Morgan fingerprint density at radius 2 is 1.86 bits per heavy atom. The van der Waals surface area contributed by atoms with Gasteiger partial charge in [0.05, 0.1) is 5.60 Å². The molecule has 1 aromatic rings. The predicted octanol–water partition coefficient (Wildman–Crippen LogP) is 1.94. The second-order valence-electron chi connectivity index (χ2n) is 4.24. The number of rotatable bonds is 4. The molecule has 0 radical (unpaired) electrons. The van der Waals surface area contributed by atoms with E-state index in [1.807, 2.05) is 39.0 Å². The van der Waals surface area contributed by atoms with Crippen LogP contribution in [0.4, 0.5) is 0 Å². The van der Waals surface area contributed by atoms with Gasteiger partial charge in [-0.2, -0.15) is 0 Å². The van der Waals surface area contributed by atoms with E-state index in [1.165, 1.54) is 5.56 Å². The molecule has 2 nitrogen and oxygen atoms in total. The van der Waals surface area contributed by atoms with Crippen LogP contribution in [0.25, 0.3) is 0 Å². The molecule has 1 rings (SSSR count). The zero-order valence-corrected chi connectivity index (χ0v) is 9.12. The van der Waals surface area contributed by atoms with Crippen molar-refractivity contribution in [3.05, 3.63) is 35.9 Å². The Morgan fingerprint density at radius 1 is 1.29 bits per heavy atom. The van der Waals surface area contributed by atoms with Crippen molar-refractivity contribution < 1.29 is 5.11 Å². The van der Waals surface area contributed by atoms with Gasteiger partial charge in [0.1, 0.15) is 0 Å². The molecule has 0 fully saturated rings. The van der Waals surface area contributed by atoms with Crippen LogP contribution in [-0.2, 0) is 6.54 Å². The summed E-state index contributed by atoms with van der Waals surface area (Å²) in [6.07, 6.45) is 0. The number of aliphatic hydroxyl groups is 1. The largest absolute Gasteiger partial charge is 0.389 e. The molecule has 2 N–H and O–H groups in total. The van der Waals surface area contributed by atoms with E-state index >= 15 is 0 Å². The summed E-state index contributed by atoms with van der Waals surface area (Å²) in [5.74, 6) is 0. The van der Waals surface area contributed by atoms with Crippen molar-refractivity contribution >= 4 is 0 Å². The maximum absolute atomic E-state index is 9.70. The van der Waals surface area contributed by atoms with Crippen LogP contribution in [0, 0.1) is 0 Å². The minimum atomic E-state index is -0.672. The van der Waals surface area contributed by atoms with Crippen molar-refractivity contribution in [2.24, 2.45) is 0 Å². The van der Waals surface area contributed by atoms with E-state index in [0.29, 0.717) is 0 Å². The van der Waals surface area contributed by atoms with E-state index in [0.717, 1.165) is 6.54 Å². The van der Waals surface area contributed by atoms with Crippen LogP contribution in [0.1, 0.15) is 26.3 Å². The fourth-order valence-corrected chi connectivity index (χ4v) is 1.12. The van der Waals surface area contributed by atoms with Gasteiger partial charge in [-0.25, -0.2) is 0 Å². The quantitative estimate of drug-likeness (QED) is 0.766. The lowest BCUT2D eigenvalue weighted by Gasteiger charge is -2.26. The minimum absolute atomic E-state index is 0.0858. The molecule has 0 saturated carbocycles.